The van der Waals surface area contributed by atoms with Gasteiger partial charge in [0.15, 0.2) is 0 Å². The molecule has 2 aromatic rings. The lowest BCUT2D eigenvalue weighted by molar-refractivity contribution is 0.130. The van der Waals surface area contributed by atoms with Gasteiger partial charge in [-0.05, 0) is 88.0 Å². The molecule has 0 amide bonds. The normalized spacial score (nSPS) is 29.3. The number of H-pyrrole nitrogens is 1. The number of anilines is 1. The Hall–Kier alpha value is -2.21. The van der Waals surface area contributed by atoms with E-state index in [1.54, 1.807) is 12.1 Å². The maximum atomic E-state index is 13.3. The molecule has 0 radical (unpaired) electrons. The summed E-state index contributed by atoms with van der Waals surface area (Å²) in [5, 5.41) is 0. The molecule has 3 atom stereocenters. The molecule has 32 heavy (non-hydrogen) atoms. The summed E-state index contributed by atoms with van der Waals surface area (Å²) in [6.45, 7) is 5.25. The molecule has 6 heteroatoms. The summed E-state index contributed by atoms with van der Waals surface area (Å²) in [5.74, 6) is 1.11. The van der Waals surface area contributed by atoms with Crippen molar-refractivity contribution >= 4 is 5.69 Å². The van der Waals surface area contributed by atoms with Crippen molar-refractivity contribution in [2.24, 2.45) is 5.41 Å². The van der Waals surface area contributed by atoms with Crippen LogP contribution in [0.15, 0.2) is 29.1 Å². The summed E-state index contributed by atoms with van der Waals surface area (Å²) in [5.41, 5.74) is 3.71. The van der Waals surface area contributed by atoms with E-state index in [9.17, 15) is 9.18 Å². The molecular formula is C26H33FN4O. The number of aromatic amines is 1. The summed E-state index contributed by atoms with van der Waals surface area (Å²) >= 11 is 0. The maximum Gasteiger partial charge on any atom is 0.254 e. The Morgan fingerprint density at radius 2 is 1.94 bits per heavy atom. The topological polar surface area (TPSA) is 52.2 Å². The second-order valence-corrected chi connectivity index (χ2v) is 10.7. The minimum atomic E-state index is -0.182. The zero-order valence-electron chi connectivity index (χ0n) is 18.9. The van der Waals surface area contributed by atoms with Crippen LogP contribution in [-0.2, 0) is 12.8 Å². The van der Waals surface area contributed by atoms with Crippen LogP contribution in [0.2, 0.25) is 0 Å². The Balaban J connectivity index is 1.12. The molecule has 1 aromatic carbocycles. The molecule has 1 N–H and O–H groups in total. The first-order chi connectivity index (χ1) is 15.5. The van der Waals surface area contributed by atoms with Crippen molar-refractivity contribution < 1.29 is 4.39 Å². The molecule has 0 bridgehead atoms. The van der Waals surface area contributed by atoms with Crippen molar-refractivity contribution in [1.29, 1.82) is 0 Å². The lowest BCUT2D eigenvalue weighted by atomic mass is 9.84. The molecule has 3 fully saturated rings. The summed E-state index contributed by atoms with van der Waals surface area (Å²) in [4.78, 5) is 26.0. The third-order valence-electron chi connectivity index (χ3n) is 8.65. The number of nitrogens with one attached hydrogen (secondary N) is 1. The summed E-state index contributed by atoms with van der Waals surface area (Å²) in [7, 11) is 0. The molecule has 170 valence electrons. The van der Waals surface area contributed by atoms with Gasteiger partial charge in [-0.15, -0.1) is 0 Å². The number of benzene rings is 1. The van der Waals surface area contributed by atoms with Gasteiger partial charge in [-0.2, -0.15) is 0 Å². The second-order valence-electron chi connectivity index (χ2n) is 10.7. The molecule has 1 aromatic heterocycles. The Morgan fingerprint density at radius 3 is 2.69 bits per heavy atom. The zero-order valence-corrected chi connectivity index (χ0v) is 18.9. The van der Waals surface area contributed by atoms with Crippen LogP contribution in [0.1, 0.15) is 68.4 Å². The maximum absolute atomic E-state index is 13.3. The van der Waals surface area contributed by atoms with E-state index in [0.717, 1.165) is 74.5 Å². The van der Waals surface area contributed by atoms with E-state index in [-0.39, 0.29) is 11.4 Å². The van der Waals surface area contributed by atoms with Crippen LogP contribution in [0.25, 0.3) is 0 Å². The Morgan fingerprint density at radius 1 is 1.12 bits per heavy atom. The second kappa shape index (κ2) is 7.68. The fraction of sp³-hybridized carbons (Fsp3) is 0.615. The third kappa shape index (κ3) is 3.66. The zero-order chi connectivity index (χ0) is 21.9. The SMILES string of the molecule is C[C@H]1CN(c2ccc(F)cc2)CCN1[C@H]1CCC(c2nc3c(c(=O)[nH]2)CC2(CC3)CC2)C1. The average Bonchev–Trinajstić information content (AvgIpc) is 3.35. The van der Waals surface area contributed by atoms with Crippen LogP contribution in [0.3, 0.4) is 0 Å². The Kier molecular flexibility index (Phi) is 4.90. The Bertz CT molecular complexity index is 1060. The van der Waals surface area contributed by atoms with Crippen molar-refractivity contribution in [3.63, 3.8) is 0 Å². The van der Waals surface area contributed by atoms with Crippen molar-refractivity contribution in [3.05, 3.63) is 57.5 Å². The summed E-state index contributed by atoms with van der Waals surface area (Å²) in [6.07, 6.45) is 9.02. The largest absolute Gasteiger partial charge is 0.369 e. The monoisotopic (exact) mass is 436 g/mol. The molecule has 1 saturated heterocycles. The molecule has 4 aliphatic rings. The van der Waals surface area contributed by atoms with Crippen LogP contribution in [0.4, 0.5) is 10.1 Å². The van der Waals surface area contributed by atoms with E-state index < -0.39 is 0 Å². The molecule has 3 aliphatic carbocycles. The number of hydrogen-bond acceptors (Lipinski definition) is 4. The lowest BCUT2D eigenvalue weighted by Gasteiger charge is -2.44. The van der Waals surface area contributed by atoms with Crippen molar-refractivity contribution in [2.45, 2.75) is 76.3 Å². The minimum Gasteiger partial charge on any atom is -0.369 e. The van der Waals surface area contributed by atoms with Gasteiger partial charge in [0, 0.05) is 48.9 Å². The predicted octanol–water partition coefficient (Wildman–Crippen LogP) is 4.02. The fourth-order valence-electron chi connectivity index (χ4n) is 6.50. The summed E-state index contributed by atoms with van der Waals surface area (Å²) < 4.78 is 13.3. The van der Waals surface area contributed by atoms with Gasteiger partial charge < -0.3 is 9.88 Å². The van der Waals surface area contributed by atoms with Crippen molar-refractivity contribution in [2.75, 3.05) is 24.5 Å². The van der Waals surface area contributed by atoms with Gasteiger partial charge in [0.1, 0.15) is 11.6 Å². The number of hydrogen-bond donors (Lipinski definition) is 1. The van der Waals surface area contributed by atoms with Crippen LogP contribution in [0.5, 0.6) is 0 Å². The Labute approximate surface area is 189 Å². The predicted molar refractivity (Wildman–Crippen MR) is 124 cm³/mol. The van der Waals surface area contributed by atoms with Crippen molar-refractivity contribution in [1.82, 2.24) is 14.9 Å². The highest BCUT2D eigenvalue weighted by atomic mass is 19.1. The standard InChI is InChI=1S/C26H33FN4O/c1-17-16-30(20-6-3-19(27)4-7-20)12-13-31(17)21-5-2-18(14-21)24-28-23-8-9-26(10-11-26)15-22(23)25(32)29-24/h3-4,6-7,17-18,21H,2,5,8-16H2,1H3,(H,28,29,32)/t17-,18?,21-/m0/s1. The average molecular weight is 437 g/mol. The van der Waals surface area contributed by atoms with E-state index in [2.05, 4.69) is 21.7 Å². The molecule has 2 heterocycles. The molecule has 6 rings (SSSR count). The number of fused-ring (bicyclic) bond motifs is 1. The van der Waals surface area contributed by atoms with E-state index in [1.807, 2.05) is 12.1 Å². The molecular weight excluding hydrogens is 403 g/mol. The van der Waals surface area contributed by atoms with Crippen LogP contribution < -0.4 is 10.5 Å². The number of piperazine rings is 1. The first kappa shape index (κ1) is 20.4. The van der Waals surface area contributed by atoms with Gasteiger partial charge in [-0.25, -0.2) is 9.37 Å². The van der Waals surface area contributed by atoms with Gasteiger partial charge in [-0.1, -0.05) is 0 Å². The van der Waals surface area contributed by atoms with E-state index >= 15 is 0 Å². The highest BCUT2D eigenvalue weighted by Gasteiger charge is 2.46. The van der Waals surface area contributed by atoms with E-state index in [0.29, 0.717) is 23.4 Å². The number of rotatable bonds is 3. The first-order valence-electron chi connectivity index (χ1n) is 12.4. The van der Waals surface area contributed by atoms with Crippen LogP contribution in [-0.4, -0.2) is 46.6 Å². The van der Waals surface area contributed by atoms with Crippen LogP contribution >= 0.6 is 0 Å². The minimum absolute atomic E-state index is 0.126. The van der Waals surface area contributed by atoms with Crippen LogP contribution in [0, 0.1) is 11.2 Å². The van der Waals surface area contributed by atoms with Gasteiger partial charge in [0.25, 0.3) is 5.56 Å². The van der Waals surface area contributed by atoms with Gasteiger partial charge in [0.2, 0.25) is 0 Å². The number of halogens is 1. The quantitative estimate of drug-likeness (QED) is 0.790. The van der Waals surface area contributed by atoms with Gasteiger partial charge >= 0.3 is 0 Å². The third-order valence-corrected chi connectivity index (χ3v) is 8.65. The van der Waals surface area contributed by atoms with E-state index in [4.69, 9.17) is 4.98 Å². The highest BCUT2D eigenvalue weighted by Crippen LogP contribution is 2.54. The lowest BCUT2D eigenvalue weighted by Crippen LogP contribution is -2.55. The number of aromatic nitrogens is 2. The fourth-order valence-corrected chi connectivity index (χ4v) is 6.50. The molecule has 1 unspecified atom stereocenters. The highest BCUT2D eigenvalue weighted by molar-refractivity contribution is 5.47. The molecule has 1 spiro atoms. The smallest absolute Gasteiger partial charge is 0.254 e. The van der Waals surface area contributed by atoms with Crippen molar-refractivity contribution in [3.8, 4) is 0 Å². The van der Waals surface area contributed by atoms with E-state index in [1.165, 1.54) is 19.3 Å². The summed E-state index contributed by atoms with van der Waals surface area (Å²) in [6, 6.07) is 7.85. The number of aryl methyl sites for hydroxylation is 1. The first-order valence-corrected chi connectivity index (χ1v) is 12.4. The number of nitrogens with zero attached hydrogens (tertiary/aromatic N) is 3. The van der Waals surface area contributed by atoms with Gasteiger partial charge in [0.05, 0.1) is 5.69 Å². The molecule has 1 aliphatic heterocycles. The molecule has 5 nitrogen and oxygen atoms in total. The van der Waals surface area contributed by atoms with Gasteiger partial charge in [-0.3, -0.25) is 9.69 Å². The molecule has 2 saturated carbocycles.